The third-order valence-electron chi connectivity index (χ3n) is 2.81. The van der Waals surface area contributed by atoms with Gasteiger partial charge in [-0.05, 0) is 34.1 Å². The zero-order valence-electron chi connectivity index (χ0n) is 10.6. The number of hydrogen-bond donors (Lipinski definition) is 2. The number of fused-ring (bicyclic) bond motifs is 1. The molecule has 0 aliphatic carbocycles. The Morgan fingerprint density at radius 3 is 2.90 bits per heavy atom. The Morgan fingerprint density at radius 2 is 2.10 bits per heavy atom. The average molecular weight is 397 g/mol. The summed E-state index contributed by atoms with van der Waals surface area (Å²) in [6.07, 6.45) is 5.53. The van der Waals surface area contributed by atoms with Crippen LogP contribution >= 0.6 is 31.9 Å². The molecule has 0 unspecified atom stereocenters. The predicted molar refractivity (Wildman–Crippen MR) is 87.7 cm³/mol. The van der Waals surface area contributed by atoms with E-state index in [1.165, 1.54) is 0 Å². The molecule has 0 atom stereocenters. The maximum atomic E-state index is 4.52. The molecule has 0 radical (unpaired) electrons. The molecule has 5 nitrogen and oxygen atoms in total. The zero-order valence-corrected chi connectivity index (χ0v) is 13.7. The Labute approximate surface area is 132 Å². The van der Waals surface area contributed by atoms with Crippen LogP contribution in [-0.2, 0) is 0 Å². The second-order valence-corrected chi connectivity index (χ2v) is 5.90. The summed E-state index contributed by atoms with van der Waals surface area (Å²) in [5.41, 5.74) is 1.70. The van der Waals surface area contributed by atoms with E-state index < -0.39 is 0 Å². The molecular formula is C13H11Br2N5. The SMILES string of the molecule is CNc1cn2ccnc2c(Nc2cc(Br)ccc2Br)n1. The highest BCUT2D eigenvalue weighted by Gasteiger charge is 2.09. The number of anilines is 3. The number of hydrogen-bond acceptors (Lipinski definition) is 4. The molecule has 2 heterocycles. The van der Waals surface area contributed by atoms with Crippen molar-refractivity contribution < 1.29 is 0 Å². The van der Waals surface area contributed by atoms with Crippen LogP contribution in [0, 0.1) is 0 Å². The van der Waals surface area contributed by atoms with E-state index in [4.69, 9.17) is 0 Å². The predicted octanol–water partition coefficient (Wildman–Crippen LogP) is 4.04. The van der Waals surface area contributed by atoms with Crippen molar-refractivity contribution in [2.75, 3.05) is 17.7 Å². The van der Waals surface area contributed by atoms with Crippen LogP contribution in [0.5, 0.6) is 0 Å². The Kier molecular flexibility index (Phi) is 3.62. The van der Waals surface area contributed by atoms with Gasteiger partial charge in [0.1, 0.15) is 5.82 Å². The maximum absolute atomic E-state index is 4.52. The molecule has 20 heavy (non-hydrogen) atoms. The summed E-state index contributed by atoms with van der Waals surface area (Å²) in [5, 5.41) is 6.35. The smallest absolute Gasteiger partial charge is 0.180 e. The third-order valence-corrected chi connectivity index (χ3v) is 4.00. The summed E-state index contributed by atoms with van der Waals surface area (Å²) < 4.78 is 3.88. The number of benzene rings is 1. The maximum Gasteiger partial charge on any atom is 0.180 e. The number of imidazole rings is 1. The van der Waals surface area contributed by atoms with Crippen molar-refractivity contribution in [3.8, 4) is 0 Å². The van der Waals surface area contributed by atoms with Crippen LogP contribution < -0.4 is 10.6 Å². The first-order valence-electron chi connectivity index (χ1n) is 5.91. The van der Waals surface area contributed by atoms with E-state index >= 15 is 0 Å². The van der Waals surface area contributed by atoms with E-state index in [2.05, 4.69) is 52.5 Å². The molecule has 0 aliphatic rings. The van der Waals surface area contributed by atoms with Crippen LogP contribution in [0.25, 0.3) is 5.65 Å². The molecule has 0 saturated carbocycles. The minimum Gasteiger partial charge on any atom is -0.372 e. The molecule has 0 saturated heterocycles. The standard InChI is InChI=1S/C13H11Br2N5/c1-16-11-7-20-5-4-17-13(20)12(19-11)18-10-6-8(14)2-3-9(10)15/h2-7,16H,1H3,(H,18,19). The minimum atomic E-state index is 0.695. The first-order valence-corrected chi connectivity index (χ1v) is 7.49. The molecule has 3 aromatic rings. The second kappa shape index (κ2) is 5.41. The highest BCUT2D eigenvalue weighted by Crippen LogP contribution is 2.30. The van der Waals surface area contributed by atoms with E-state index in [0.717, 1.165) is 26.1 Å². The summed E-state index contributed by atoms with van der Waals surface area (Å²) in [6.45, 7) is 0. The van der Waals surface area contributed by atoms with Gasteiger partial charge in [0.05, 0.1) is 11.9 Å². The van der Waals surface area contributed by atoms with Gasteiger partial charge in [-0.15, -0.1) is 0 Å². The lowest BCUT2D eigenvalue weighted by Gasteiger charge is -2.11. The highest BCUT2D eigenvalue weighted by molar-refractivity contribution is 9.11. The monoisotopic (exact) mass is 395 g/mol. The van der Waals surface area contributed by atoms with Gasteiger partial charge in [0.15, 0.2) is 11.5 Å². The van der Waals surface area contributed by atoms with Gasteiger partial charge in [0.2, 0.25) is 0 Å². The molecule has 0 spiro atoms. The van der Waals surface area contributed by atoms with Gasteiger partial charge >= 0.3 is 0 Å². The van der Waals surface area contributed by atoms with Gasteiger partial charge in [0.25, 0.3) is 0 Å². The third kappa shape index (κ3) is 2.51. The molecule has 3 rings (SSSR count). The van der Waals surface area contributed by atoms with Crippen LogP contribution in [-0.4, -0.2) is 21.4 Å². The summed E-state index contributed by atoms with van der Waals surface area (Å²) in [6, 6.07) is 5.92. The molecule has 7 heteroatoms. The lowest BCUT2D eigenvalue weighted by Crippen LogP contribution is -2.02. The molecule has 0 fully saturated rings. The van der Waals surface area contributed by atoms with Crippen LogP contribution in [0.15, 0.2) is 45.7 Å². The molecule has 2 aromatic heterocycles. The van der Waals surface area contributed by atoms with Crippen molar-refractivity contribution in [2.45, 2.75) is 0 Å². The van der Waals surface area contributed by atoms with E-state index in [0.29, 0.717) is 5.82 Å². The molecule has 0 aliphatic heterocycles. The van der Waals surface area contributed by atoms with Gasteiger partial charge in [-0.1, -0.05) is 15.9 Å². The van der Waals surface area contributed by atoms with Crippen molar-refractivity contribution in [3.05, 3.63) is 45.7 Å². The van der Waals surface area contributed by atoms with Crippen molar-refractivity contribution in [3.63, 3.8) is 0 Å². The molecular weight excluding hydrogens is 386 g/mol. The zero-order chi connectivity index (χ0) is 14.1. The highest BCUT2D eigenvalue weighted by atomic mass is 79.9. The Morgan fingerprint density at radius 1 is 1.25 bits per heavy atom. The van der Waals surface area contributed by atoms with Gasteiger partial charge in [0, 0.05) is 28.4 Å². The second-order valence-electron chi connectivity index (χ2n) is 4.13. The Balaban J connectivity index is 2.09. The molecule has 0 amide bonds. The molecule has 2 N–H and O–H groups in total. The van der Waals surface area contributed by atoms with Crippen LogP contribution in [0.3, 0.4) is 0 Å². The minimum absolute atomic E-state index is 0.695. The normalized spacial score (nSPS) is 10.8. The summed E-state index contributed by atoms with van der Waals surface area (Å²) in [7, 11) is 1.84. The van der Waals surface area contributed by atoms with Crippen molar-refractivity contribution in [2.24, 2.45) is 0 Å². The van der Waals surface area contributed by atoms with Gasteiger partial charge in [-0.25, -0.2) is 9.97 Å². The van der Waals surface area contributed by atoms with Gasteiger partial charge in [-0.2, -0.15) is 0 Å². The van der Waals surface area contributed by atoms with E-state index in [-0.39, 0.29) is 0 Å². The summed E-state index contributed by atoms with van der Waals surface area (Å²) >= 11 is 6.99. The fraction of sp³-hybridized carbons (Fsp3) is 0.0769. The van der Waals surface area contributed by atoms with Crippen LogP contribution in [0.4, 0.5) is 17.3 Å². The first kappa shape index (κ1) is 13.4. The molecule has 102 valence electrons. The number of halogens is 2. The largest absolute Gasteiger partial charge is 0.372 e. The molecule has 1 aromatic carbocycles. The van der Waals surface area contributed by atoms with E-state index in [1.807, 2.05) is 42.0 Å². The van der Waals surface area contributed by atoms with Crippen molar-refractivity contribution in [1.82, 2.24) is 14.4 Å². The summed E-state index contributed by atoms with van der Waals surface area (Å²) in [5.74, 6) is 1.46. The van der Waals surface area contributed by atoms with Crippen LogP contribution in [0.1, 0.15) is 0 Å². The first-order chi connectivity index (χ1) is 9.67. The number of nitrogens with one attached hydrogen (secondary N) is 2. The Hall–Kier alpha value is -1.60. The Bertz CT molecular complexity index is 769. The lowest BCUT2D eigenvalue weighted by atomic mass is 10.3. The summed E-state index contributed by atoms with van der Waals surface area (Å²) in [4.78, 5) is 8.84. The number of rotatable bonds is 3. The van der Waals surface area contributed by atoms with Crippen molar-refractivity contribution in [1.29, 1.82) is 0 Å². The molecule has 0 bridgehead atoms. The van der Waals surface area contributed by atoms with Gasteiger partial charge < -0.3 is 15.0 Å². The quantitative estimate of drug-likeness (QED) is 0.701. The van der Waals surface area contributed by atoms with Crippen LogP contribution in [0.2, 0.25) is 0 Å². The van der Waals surface area contributed by atoms with E-state index in [9.17, 15) is 0 Å². The van der Waals surface area contributed by atoms with E-state index in [1.54, 1.807) is 6.20 Å². The number of nitrogens with zero attached hydrogens (tertiary/aromatic N) is 3. The average Bonchev–Trinajstić information content (AvgIpc) is 2.91. The topological polar surface area (TPSA) is 54.2 Å². The number of aromatic nitrogens is 3. The lowest BCUT2D eigenvalue weighted by molar-refractivity contribution is 1.12. The van der Waals surface area contributed by atoms with Gasteiger partial charge in [-0.3, -0.25) is 0 Å². The fourth-order valence-electron chi connectivity index (χ4n) is 1.86. The fourth-order valence-corrected chi connectivity index (χ4v) is 2.56. The van der Waals surface area contributed by atoms with Crippen molar-refractivity contribution >= 4 is 54.8 Å².